The summed E-state index contributed by atoms with van der Waals surface area (Å²) in [5, 5.41) is 2.87. The second-order valence-corrected chi connectivity index (χ2v) is 5.10. The van der Waals surface area contributed by atoms with Gasteiger partial charge in [0, 0.05) is 12.2 Å². The van der Waals surface area contributed by atoms with E-state index in [2.05, 4.69) is 5.32 Å². The predicted octanol–water partition coefficient (Wildman–Crippen LogP) is 3.49. The van der Waals surface area contributed by atoms with Crippen LogP contribution in [-0.2, 0) is 6.18 Å². The third-order valence-corrected chi connectivity index (χ3v) is 2.81. The monoisotopic (exact) mass is 260 g/mol. The van der Waals surface area contributed by atoms with Crippen molar-refractivity contribution in [1.82, 2.24) is 0 Å². The van der Waals surface area contributed by atoms with Gasteiger partial charge in [0.1, 0.15) is 0 Å². The Morgan fingerprint density at radius 3 is 2.33 bits per heavy atom. The van der Waals surface area contributed by atoms with Crippen molar-refractivity contribution in [3.8, 4) is 0 Å². The molecule has 0 aromatic heterocycles. The van der Waals surface area contributed by atoms with Crippen molar-refractivity contribution < 1.29 is 13.2 Å². The highest BCUT2D eigenvalue weighted by molar-refractivity contribution is 5.52. The molecule has 0 aliphatic heterocycles. The Morgan fingerprint density at radius 1 is 1.17 bits per heavy atom. The minimum absolute atomic E-state index is 0.120. The lowest BCUT2D eigenvalue weighted by Gasteiger charge is -2.25. The summed E-state index contributed by atoms with van der Waals surface area (Å²) < 4.78 is 38.3. The van der Waals surface area contributed by atoms with E-state index in [1.54, 1.807) is 6.07 Å². The Kier molecular flexibility index (Phi) is 4.62. The Hall–Kier alpha value is -1.23. The van der Waals surface area contributed by atoms with Gasteiger partial charge in [-0.15, -0.1) is 0 Å². The van der Waals surface area contributed by atoms with E-state index in [4.69, 9.17) is 5.73 Å². The van der Waals surface area contributed by atoms with Gasteiger partial charge in [-0.2, -0.15) is 13.2 Å². The molecule has 0 aliphatic rings. The van der Waals surface area contributed by atoms with Gasteiger partial charge in [0.15, 0.2) is 0 Å². The lowest BCUT2D eigenvalue weighted by Crippen LogP contribution is -2.26. The van der Waals surface area contributed by atoms with Crippen molar-refractivity contribution >= 4 is 5.69 Å². The molecule has 5 heteroatoms. The first-order valence-corrected chi connectivity index (χ1v) is 5.86. The topological polar surface area (TPSA) is 38.0 Å². The molecular formula is C13H19F3N2. The van der Waals surface area contributed by atoms with Gasteiger partial charge >= 0.3 is 6.18 Å². The average Bonchev–Trinajstić information content (AvgIpc) is 2.26. The van der Waals surface area contributed by atoms with E-state index in [1.165, 1.54) is 12.1 Å². The molecule has 0 aliphatic carbocycles. The fourth-order valence-electron chi connectivity index (χ4n) is 1.70. The summed E-state index contributed by atoms with van der Waals surface area (Å²) in [7, 11) is 0. The highest BCUT2D eigenvalue weighted by Crippen LogP contribution is 2.35. The maximum atomic E-state index is 12.8. The fourth-order valence-corrected chi connectivity index (χ4v) is 1.70. The number of nitrogens with two attached hydrogens (primary N) is 1. The van der Waals surface area contributed by atoms with E-state index in [0.717, 1.165) is 12.5 Å². The zero-order chi connectivity index (χ0) is 13.8. The van der Waals surface area contributed by atoms with E-state index in [1.807, 2.05) is 13.8 Å². The normalized spacial score (nSPS) is 12.6. The molecule has 0 unspecified atom stereocenters. The summed E-state index contributed by atoms with van der Waals surface area (Å²) in [5.41, 5.74) is 4.83. The summed E-state index contributed by atoms with van der Waals surface area (Å²) in [5.74, 6) is 0. The molecule has 0 heterocycles. The second-order valence-electron chi connectivity index (χ2n) is 5.10. The number of rotatable bonds is 5. The van der Waals surface area contributed by atoms with Crippen molar-refractivity contribution in [2.75, 3.05) is 18.4 Å². The zero-order valence-electron chi connectivity index (χ0n) is 10.6. The first-order chi connectivity index (χ1) is 8.26. The summed E-state index contributed by atoms with van der Waals surface area (Å²) >= 11 is 0. The quantitative estimate of drug-likeness (QED) is 0.850. The van der Waals surface area contributed by atoms with Crippen LogP contribution in [0.2, 0.25) is 0 Å². The van der Waals surface area contributed by atoms with Crippen molar-refractivity contribution in [2.24, 2.45) is 11.1 Å². The minimum atomic E-state index is -4.33. The molecule has 18 heavy (non-hydrogen) atoms. The van der Waals surface area contributed by atoms with Crippen LogP contribution in [-0.4, -0.2) is 13.1 Å². The standard InChI is InChI=1S/C13H19F3N2/c1-12(2,7-8-17)9-18-11-6-4-3-5-10(11)13(14,15)16/h3-6,18H,7-9,17H2,1-2H3. The minimum Gasteiger partial charge on any atom is -0.384 e. The second kappa shape index (κ2) is 5.61. The maximum absolute atomic E-state index is 12.8. The fraction of sp³-hybridized carbons (Fsp3) is 0.538. The van der Waals surface area contributed by atoms with Crippen LogP contribution in [0.1, 0.15) is 25.8 Å². The zero-order valence-corrected chi connectivity index (χ0v) is 10.6. The molecule has 1 aromatic carbocycles. The van der Waals surface area contributed by atoms with Gasteiger partial charge in [-0.25, -0.2) is 0 Å². The summed E-state index contributed by atoms with van der Waals surface area (Å²) in [6, 6.07) is 5.51. The number of hydrogen-bond acceptors (Lipinski definition) is 2. The third kappa shape index (κ3) is 4.22. The lowest BCUT2D eigenvalue weighted by molar-refractivity contribution is -0.137. The van der Waals surface area contributed by atoms with Gasteiger partial charge < -0.3 is 11.1 Å². The van der Waals surface area contributed by atoms with Gasteiger partial charge in [-0.05, 0) is 30.5 Å². The molecule has 0 bridgehead atoms. The Labute approximate surface area is 105 Å². The van der Waals surface area contributed by atoms with E-state index < -0.39 is 11.7 Å². The molecule has 0 saturated heterocycles. The predicted molar refractivity (Wildman–Crippen MR) is 67.4 cm³/mol. The largest absolute Gasteiger partial charge is 0.418 e. The number of alkyl halides is 3. The SMILES string of the molecule is CC(C)(CCN)CNc1ccccc1C(F)(F)F. The first kappa shape index (κ1) is 14.8. The van der Waals surface area contributed by atoms with Crippen molar-refractivity contribution in [3.05, 3.63) is 29.8 Å². The molecular weight excluding hydrogens is 241 g/mol. The molecule has 0 spiro atoms. The van der Waals surface area contributed by atoms with Crippen LogP contribution in [0.15, 0.2) is 24.3 Å². The molecule has 0 atom stereocenters. The first-order valence-electron chi connectivity index (χ1n) is 5.86. The summed E-state index contributed by atoms with van der Waals surface area (Å²) in [6.07, 6.45) is -3.57. The number of halogens is 3. The Morgan fingerprint density at radius 2 is 1.78 bits per heavy atom. The van der Waals surface area contributed by atoms with Crippen LogP contribution in [0.25, 0.3) is 0 Å². The van der Waals surface area contributed by atoms with Crippen LogP contribution in [0.4, 0.5) is 18.9 Å². The van der Waals surface area contributed by atoms with E-state index >= 15 is 0 Å². The van der Waals surface area contributed by atoms with Gasteiger partial charge in [0.25, 0.3) is 0 Å². The van der Waals surface area contributed by atoms with Gasteiger partial charge in [0.05, 0.1) is 5.56 Å². The van der Waals surface area contributed by atoms with E-state index in [9.17, 15) is 13.2 Å². The van der Waals surface area contributed by atoms with Gasteiger partial charge in [-0.1, -0.05) is 26.0 Å². The number of para-hydroxylation sites is 1. The van der Waals surface area contributed by atoms with Crippen LogP contribution < -0.4 is 11.1 Å². The third-order valence-electron chi connectivity index (χ3n) is 2.81. The van der Waals surface area contributed by atoms with Crippen LogP contribution in [0.5, 0.6) is 0 Å². The molecule has 0 radical (unpaired) electrons. The highest BCUT2D eigenvalue weighted by Gasteiger charge is 2.33. The summed E-state index contributed by atoms with van der Waals surface area (Å²) in [6.45, 7) is 4.93. The molecule has 2 nitrogen and oxygen atoms in total. The number of hydrogen-bond donors (Lipinski definition) is 2. The molecule has 1 rings (SSSR count). The molecule has 0 fully saturated rings. The van der Waals surface area contributed by atoms with Crippen LogP contribution in [0, 0.1) is 5.41 Å². The summed E-state index contributed by atoms with van der Waals surface area (Å²) in [4.78, 5) is 0. The number of benzene rings is 1. The van der Waals surface area contributed by atoms with Crippen molar-refractivity contribution in [3.63, 3.8) is 0 Å². The van der Waals surface area contributed by atoms with Gasteiger partial charge in [0.2, 0.25) is 0 Å². The molecule has 0 saturated carbocycles. The van der Waals surface area contributed by atoms with Gasteiger partial charge in [-0.3, -0.25) is 0 Å². The van der Waals surface area contributed by atoms with E-state index in [0.29, 0.717) is 13.1 Å². The highest BCUT2D eigenvalue weighted by atomic mass is 19.4. The molecule has 3 N–H and O–H groups in total. The van der Waals surface area contributed by atoms with Crippen molar-refractivity contribution in [2.45, 2.75) is 26.4 Å². The van der Waals surface area contributed by atoms with Crippen molar-refractivity contribution in [1.29, 1.82) is 0 Å². The maximum Gasteiger partial charge on any atom is 0.418 e. The van der Waals surface area contributed by atoms with Crippen LogP contribution >= 0.6 is 0 Å². The van der Waals surface area contributed by atoms with Crippen LogP contribution in [0.3, 0.4) is 0 Å². The number of nitrogens with one attached hydrogen (secondary N) is 1. The molecule has 1 aromatic rings. The molecule has 102 valence electrons. The van der Waals surface area contributed by atoms with E-state index in [-0.39, 0.29) is 11.1 Å². The molecule has 0 amide bonds. The lowest BCUT2D eigenvalue weighted by atomic mass is 9.89. The Balaban J connectivity index is 2.80. The smallest absolute Gasteiger partial charge is 0.384 e. The Bertz CT molecular complexity index is 386. The number of anilines is 1. The average molecular weight is 260 g/mol.